The Morgan fingerprint density at radius 2 is 1.89 bits per heavy atom. The number of methoxy groups -OCH3 is 1. The van der Waals surface area contributed by atoms with Crippen LogP contribution in [0.15, 0.2) is 47.6 Å². The van der Waals surface area contributed by atoms with Crippen molar-refractivity contribution in [2.24, 2.45) is 0 Å². The molecule has 0 amide bonds. The second-order valence-electron chi connectivity index (χ2n) is 5.92. The van der Waals surface area contributed by atoms with E-state index in [4.69, 9.17) is 4.74 Å². The lowest BCUT2D eigenvalue weighted by atomic mass is 10.0. The second kappa shape index (κ2) is 7.77. The van der Waals surface area contributed by atoms with Crippen LogP contribution in [0.4, 0.5) is 13.2 Å². The molecule has 0 N–H and O–H groups in total. The van der Waals surface area contributed by atoms with Gasteiger partial charge in [0.05, 0.1) is 13.3 Å². The molecular formula is C18H19F3N4OS. The van der Waals surface area contributed by atoms with Crippen LogP contribution in [-0.4, -0.2) is 38.7 Å². The average molecular weight is 396 g/mol. The largest absolute Gasteiger partial charge is 0.480 e. The first-order valence-electron chi connectivity index (χ1n) is 8.30. The number of imidazole rings is 1. The second-order valence-corrected chi connectivity index (χ2v) is 6.99. The molecule has 0 saturated heterocycles. The maximum atomic E-state index is 13.9. The number of fused-ring (bicyclic) bond motifs is 1. The van der Waals surface area contributed by atoms with Crippen LogP contribution in [0, 0.1) is 6.92 Å². The van der Waals surface area contributed by atoms with E-state index in [1.54, 1.807) is 31.2 Å². The van der Waals surface area contributed by atoms with Crippen LogP contribution in [0.25, 0.3) is 5.65 Å². The van der Waals surface area contributed by atoms with Gasteiger partial charge in [0.25, 0.3) is 0 Å². The van der Waals surface area contributed by atoms with Crippen molar-refractivity contribution in [3.63, 3.8) is 0 Å². The average Bonchev–Trinajstić information content (AvgIpc) is 3.03. The Balaban J connectivity index is 1.98. The van der Waals surface area contributed by atoms with Crippen molar-refractivity contribution in [3.8, 4) is 5.88 Å². The fourth-order valence-electron chi connectivity index (χ4n) is 2.69. The molecule has 0 aliphatic heterocycles. The summed E-state index contributed by atoms with van der Waals surface area (Å²) in [6.45, 7) is 3.72. The summed E-state index contributed by atoms with van der Waals surface area (Å²) in [5.41, 5.74) is 1.64. The molecule has 3 rings (SSSR count). The van der Waals surface area contributed by atoms with Gasteiger partial charge in [-0.3, -0.25) is 0 Å². The molecule has 1 aromatic carbocycles. The molecule has 144 valence electrons. The molecule has 5 nitrogen and oxygen atoms in total. The van der Waals surface area contributed by atoms with E-state index in [-0.39, 0.29) is 12.1 Å². The zero-order valence-electron chi connectivity index (χ0n) is 15.1. The van der Waals surface area contributed by atoms with E-state index >= 15 is 0 Å². The lowest BCUT2D eigenvalue weighted by Crippen LogP contribution is -2.34. The van der Waals surface area contributed by atoms with Crippen LogP contribution in [-0.2, 0) is 0 Å². The van der Waals surface area contributed by atoms with Gasteiger partial charge in [0.2, 0.25) is 5.88 Å². The minimum atomic E-state index is -4.43. The molecule has 0 aliphatic carbocycles. The van der Waals surface area contributed by atoms with Gasteiger partial charge in [-0.15, -0.1) is 5.10 Å². The molecule has 0 bridgehead atoms. The van der Waals surface area contributed by atoms with Crippen molar-refractivity contribution in [3.05, 3.63) is 53.7 Å². The molecule has 1 atom stereocenters. The number of benzene rings is 1. The van der Waals surface area contributed by atoms with Gasteiger partial charge in [-0.1, -0.05) is 36.8 Å². The standard InChI is InChI=1S/C18H19F3N4OS/c1-4-24(17(18(19,20)21)13-7-5-12(2)6-8-13)27-16-11-22-14-9-10-15(26-3)23-25(14)16/h5-11,17H,4H2,1-3H3/t17-/m1/s1. The SMILES string of the molecule is CCN(Sc1cnc2ccc(OC)nn12)[C@H](c1ccc(C)cc1)C(F)(F)F. The number of alkyl halides is 3. The molecule has 2 aromatic heterocycles. The molecule has 3 aromatic rings. The lowest BCUT2D eigenvalue weighted by Gasteiger charge is -2.31. The fraction of sp³-hybridized carbons (Fsp3) is 0.333. The van der Waals surface area contributed by atoms with Gasteiger partial charge in [0, 0.05) is 12.6 Å². The third-order valence-corrected chi connectivity index (χ3v) is 5.20. The quantitative estimate of drug-likeness (QED) is 0.566. The number of hydrogen-bond acceptors (Lipinski definition) is 5. The highest BCUT2D eigenvalue weighted by Crippen LogP contribution is 2.42. The van der Waals surface area contributed by atoms with Gasteiger partial charge < -0.3 is 4.74 Å². The fourth-order valence-corrected chi connectivity index (χ4v) is 3.72. The molecule has 0 saturated carbocycles. The third kappa shape index (κ3) is 4.19. The van der Waals surface area contributed by atoms with Gasteiger partial charge in [0.1, 0.15) is 11.1 Å². The first kappa shape index (κ1) is 19.5. The Labute approximate surface area is 159 Å². The molecule has 2 heterocycles. The zero-order valence-corrected chi connectivity index (χ0v) is 15.9. The van der Waals surface area contributed by atoms with E-state index in [0.29, 0.717) is 16.6 Å². The summed E-state index contributed by atoms with van der Waals surface area (Å²) in [7, 11) is 1.48. The summed E-state index contributed by atoms with van der Waals surface area (Å²) in [6, 6.07) is 8.02. The lowest BCUT2D eigenvalue weighted by molar-refractivity contribution is -0.172. The summed E-state index contributed by atoms with van der Waals surface area (Å²) in [5.74, 6) is 0.358. The summed E-state index contributed by atoms with van der Waals surface area (Å²) >= 11 is 0.974. The first-order valence-corrected chi connectivity index (χ1v) is 9.07. The van der Waals surface area contributed by atoms with Crippen LogP contribution >= 0.6 is 11.9 Å². The summed E-state index contributed by atoms with van der Waals surface area (Å²) in [5, 5.41) is 4.73. The summed E-state index contributed by atoms with van der Waals surface area (Å²) < 4.78 is 49.5. The smallest absolute Gasteiger partial charge is 0.408 e. The Morgan fingerprint density at radius 3 is 2.48 bits per heavy atom. The topological polar surface area (TPSA) is 42.7 Å². The maximum Gasteiger partial charge on any atom is 0.408 e. The normalized spacial score (nSPS) is 13.3. The Kier molecular flexibility index (Phi) is 5.61. The number of rotatable bonds is 6. The molecule has 0 aliphatic rings. The Bertz CT molecular complexity index is 911. The maximum absolute atomic E-state index is 13.9. The molecular weight excluding hydrogens is 377 g/mol. The number of hydrogen-bond donors (Lipinski definition) is 0. The highest BCUT2D eigenvalue weighted by molar-refractivity contribution is 7.97. The highest BCUT2D eigenvalue weighted by Gasteiger charge is 2.45. The van der Waals surface area contributed by atoms with Gasteiger partial charge in [-0.25, -0.2) is 13.8 Å². The van der Waals surface area contributed by atoms with E-state index < -0.39 is 12.2 Å². The van der Waals surface area contributed by atoms with E-state index in [0.717, 1.165) is 17.5 Å². The minimum absolute atomic E-state index is 0.180. The minimum Gasteiger partial charge on any atom is -0.480 e. The molecule has 9 heteroatoms. The van der Waals surface area contributed by atoms with E-state index in [9.17, 15) is 13.2 Å². The van der Waals surface area contributed by atoms with Crippen molar-refractivity contribution in [1.29, 1.82) is 0 Å². The first-order chi connectivity index (χ1) is 12.8. The van der Waals surface area contributed by atoms with Crippen molar-refractivity contribution < 1.29 is 17.9 Å². The van der Waals surface area contributed by atoms with Gasteiger partial charge in [0.15, 0.2) is 5.65 Å². The van der Waals surface area contributed by atoms with Crippen LogP contribution in [0.2, 0.25) is 0 Å². The number of halogens is 3. The van der Waals surface area contributed by atoms with Crippen molar-refractivity contribution in [1.82, 2.24) is 18.9 Å². The van der Waals surface area contributed by atoms with Crippen LogP contribution in [0.1, 0.15) is 24.1 Å². The summed E-state index contributed by atoms with van der Waals surface area (Å²) in [4.78, 5) is 4.20. The van der Waals surface area contributed by atoms with Crippen molar-refractivity contribution in [2.75, 3.05) is 13.7 Å². The Hall–Kier alpha value is -2.26. The van der Waals surface area contributed by atoms with Crippen molar-refractivity contribution in [2.45, 2.75) is 31.1 Å². The molecule has 0 fully saturated rings. The van der Waals surface area contributed by atoms with Crippen LogP contribution in [0.3, 0.4) is 0 Å². The summed E-state index contributed by atoms with van der Waals surface area (Å²) in [6.07, 6.45) is -2.92. The van der Waals surface area contributed by atoms with Gasteiger partial charge in [-0.05, 0) is 30.5 Å². The molecule has 0 spiro atoms. The van der Waals surface area contributed by atoms with E-state index in [2.05, 4.69) is 10.1 Å². The molecule has 0 unspecified atom stereocenters. The third-order valence-electron chi connectivity index (χ3n) is 4.03. The predicted molar refractivity (Wildman–Crippen MR) is 97.8 cm³/mol. The highest BCUT2D eigenvalue weighted by atomic mass is 32.2. The zero-order chi connectivity index (χ0) is 19.6. The van der Waals surface area contributed by atoms with Gasteiger partial charge >= 0.3 is 6.18 Å². The van der Waals surface area contributed by atoms with Gasteiger partial charge in [-0.2, -0.15) is 13.2 Å². The Morgan fingerprint density at radius 1 is 1.19 bits per heavy atom. The predicted octanol–water partition coefficient (Wildman–Crippen LogP) is 4.68. The van der Waals surface area contributed by atoms with Crippen LogP contribution in [0.5, 0.6) is 5.88 Å². The van der Waals surface area contributed by atoms with Crippen molar-refractivity contribution >= 4 is 17.6 Å². The number of aromatic nitrogens is 3. The van der Waals surface area contributed by atoms with Crippen LogP contribution < -0.4 is 4.74 Å². The number of ether oxygens (including phenoxy) is 1. The van der Waals surface area contributed by atoms with E-state index in [1.807, 2.05) is 6.92 Å². The number of aryl methyl sites for hydroxylation is 1. The number of nitrogens with zero attached hydrogens (tertiary/aromatic N) is 4. The molecule has 0 radical (unpaired) electrons. The van der Waals surface area contributed by atoms with E-state index in [1.165, 1.54) is 34.3 Å². The monoisotopic (exact) mass is 396 g/mol. The molecule has 27 heavy (non-hydrogen) atoms.